The smallest absolute Gasteiger partial charge is 0.242 e. The molecule has 0 radical (unpaired) electrons. The second kappa shape index (κ2) is 3.20. The van der Waals surface area contributed by atoms with Crippen molar-refractivity contribution in [2.45, 2.75) is 12.5 Å². The summed E-state index contributed by atoms with van der Waals surface area (Å²) in [7, 11) is 0. The lowest BCUT2D eigenvalue weighted by atomic mass is 10.3. The molecule has 0 amide bonds. The monoisotopic (exact) mass is 193 g/mol. The molecule has 1 aliphatic heterocycles. The van der Waals surface area contributed by atoms with Crippen molar-refractivity contribution < 1.29 is 4.52 Å². The predicted molar refractivity (Wildman–Crippen MR) is 50.4 cm³/mol. The van der Waals surface area contributed by atoms with E-state index in [1.165, 1.54) is 0 Å². The molecule has 1 atom stereocenters. The Balaban J connectivity index is 2.29. The minimum atomic E-state index is 0.0722. The van der Waals surface area contributed by atoms with Gasteiger partial charge in [0.1, 0.15) is 6.07 Å². The van der Waals surface area contributed by atoms with Crippen molar-refractivity contribution in [2.24, 2.45) is 5.73 Å². The molecule has 0 bridgehead atoms. The van der Waals surface area contributed by atoms with Crippen LogP contribution in [-0.2, 0) is 0 Å². The number of hydrogen-bond donors (Lipinski definition) is 2. The van der Waals surface area contributed by atoms with E-state index in [1.807, 2.05) is 11.0 Å². The number of nitrogens with two attached hydrogens (primary N) is 2. The third-order valence-corrected chi connectivity index (χ3v) is 2.34. The predicted octanol–water partition coefficient (Wildman–Crippen LogP) is -0.334. The first-order valence-corrected chi connectivity index (χ1v) is 4.38. The summed E-state index contributed by atoms with van der Waals surface area (Å²) in [6, 6.07) is 2.11. The van der Waals surface area contributed by atoms with Crippen LogP contribution in [0.1, 0.15) is 12.0 Å². The molecule has 6 nitrogen and oxygen atoms in total. The highest BCUT2D eigenvalue weighted by molar-refractivity contribution is 5.62. The maximum atomic E-state index is 8.83. The van der Waals surface area contributed by atoms with Crippen LogP contribution in [0, 0.1) is 11.3 Å². The van der Waals surface area contributed by atoms with E-state index in [9.17, 15) is 0 Å². The molecule has 0 spiro atoms. The minimum Gasteiger partial charge on any atom is -0.366 e. The van der Waals surface area contributed by atoms with Gasteiger partial charge in [-0.15, -0.1) is 0 Å². The summed E-state index contributed by atoms with van der Waals surface area (Å²) in [6.45, 7) is 1.49. The van der Waals surface area contributed by atoms with Gasteiger partial charge in [-0.2, -0.15) is 5.26 Å². The molecule has 74 valence electrons. The summed E-state index contributed by atoms with van der Waals surface area (Å²) >= 11 is 0. The molecule has 0 aromatic carbocycles. The molecule has 1 unspecified atom stereocenters. The number of anilines is 2. The SMILES string of the molecule is N#Cc1c(N2CCC(N)C2)noc1N. The Morgan fingerprint density at radius 3 is 3.00 bits per heavy atom. The van der Waals surface area contributed by atoms with Crippen LogP contribution in [0.3, 0.4) is 0 Å². The summed E-state index contributed by atoms with van der Waals surface area (Å²) in [4.78, 5) is 1.92. The Labute approximate surface area is 81.0 Å². The van der Waals surface area contributed by atoms with Crippen LogP contribution >= 0.6 is 0 Å². The summed E-state index contributed by atoms with van der Waals surface area (Å²) in [5.74, 6) is 0.584. The lowest BCUT2D eigenvalue weighted by molar-refractivity contribution is 0.436. The summed E-state index contributed by atoms with van der Waals surface area (Å²) in [6.07, 6.45) is 0.900. The maximum absolute atomic E-state index is 8.83. The van der Waals surface area contributed by atoms with Gasteiger partial charge in [-0.05, 0) is 6.42 Å². The van der Waals surface area contributed by atoms with Gasteiger partial charge in [0.2, 0.25) is 5.88 Å². The number of nitrogens with zero attached hydrogens (tertiary/aromatic N) is 3. The largest absolute Gasteiger partial charge is 0.366 e. The lowest BCUT2D eigenvalue weighted by Crippen LogP contribution is -2.26. The second-order valence-electron chi connectivity index (χ2n) is 3.35. The molecule has 1 aromatic heterocycles. The molecular formula is C8H11N5O. The summed E-state index contributed by atoms with van der Waals surface area (Å²) in [5, 5.41) is 12.6. The lowest BCUT2D eigenvalue weighted by Gasteiger charge is -2.13. The first-order valence-electron chi connectivity index (χ1n) is 4.38. The molecule has 1 saturated heterocycles. The van der Waals surface area contributed by atoms with Gasteiger partial charge >= 0.3 is 0 Å². The van der Waals surface area contributed by atoms with Crippen molar-refractivity contribution >= 4 is 11.7 Å². The zero-order chi connectivity index (χ0) is 10.1. The Kier molecular flexibility index (Phi) is 2.02. The van der Waals surface area contributed by atoms with E-state index < -0.39 is 0 Å². The fourth-order valence-corrected chi connectivity index (χ4v) is 1.59. The fourth-order valence-electron chi connectivity index (χ4n) is 1.59. The van der Waals surface area contributed by atoms with Crippen molar-refractivity contribution in [3.05, 3.63) is 5.56 Å². The third kappa shape index (κ3) is 1.28. The van der Waals surface area contributed by atoms with Crippen molar-refractivity contribution in [3.8, 4) is 6.07 Å². The van der Waals surface area contributed by atoms with E-state index in [1.54, 1.807) is 0 Å². The van der Waals surface area contributed by atoms with Gasteiger partial charge in [0.15, 0.2) is 11.4 Å². The van der Waals surface area contributed by atoms with Crippen LogP contribution in [0.2, 0.25) is 0 Å². The van der Waals surface area contributed by atoms with Crippen LogP contribution in [0.5, 0.6) is 0 Å². The highest BCUT2D eigenvalue weighted by Crippen LogP contribution is 2.26. The van der Waals surface area contributed by atoms with Crippen LogP contribution in [0.15, 0.2) is 4.52 Å². The number of hydrogen-bond acceptors (Lipinski definition) is 6. The molecular weight excluding hydrogens is 182 g/mol. The first kappa shape index (κ1) is 8.84. The maximum Gasteiger partial charge on any atom is 0.242 e. The second-order valence-corrected chi connectivity index (χ2v) is 3.35. The van der Waals surface area contributed by atoms with E-state index in [0.29, 0.717) is 17.9 Å². The van der Waals surface area contributed by atoms with Gasteiger partial charge in [0.05, 0.1) is 0 Å². The van der Waals surface area contributed by atoms with Crippen molar-refractivity contribution in [3.63, 3.8) is 0 Å². The minimum absolute atomic E-state index is 0.0722. The normalized spacial score (nSPS) is 21.1. The van der Waals surface area contributed by atoms with Crippen molar-refractivity contribution in [1.82, 2.24) is 5.16 Å². The van der Waals surface area contributed by atoms with Gasteiger partial charge in [-0.25, -0.2) is 0 Å². The van der Waals surface area contributed by atoms with Gasteiger partial charge < -0.3 is 20.9 Å². The van der Waals surface area contributed by atoms with E-state index in [0.717, 1.165) is 13.0 Å². The molecule has 1 aliphatic rings. The molecule has 0 aliphatic carbocycles. The Morgan fingerprint density at radius 1 is 1.64 bits per heavy atom. The zero-order valence-electron chi connectivity index (χ0n) is 7.60. The molecule has 2 rings (SSSR count). The topological polar surface area (TPSA) is 105 Å². The Morgan fingerprint density at radius 2 is 2.43 bits per heavy atom. The first-order chi connectivity index (χ1) is 6.72. The van der Waals surface area contributed by atoms with E-state index >= 15 is 0 Å². The van der Waals surface area contributed by atoms with E-state index in [4.69, 9.17) is 21.3 Å². The summed E-state index contributed by atoms with van der Waals surface area (Å²) < 4.78 is 4.76. The number of rotatable bonds is 1. The van der Waals surface area contributed by atoms with E-state index in [-0.39, 0.29) is 11.9 Å². The van der Waals surface area contributed by atoms with Gasteiger partial charge in [-0.1, -0.05) is 5.16 Å². The quantitative estimate of drug-likeness (QED) is 0.632. The highest BCUT2D eigenvalue weighted by atomic mass is 16.5. The molecule has 4 N–H and O–H groups in total. The molecule has 6 heteroatoms. The molecule has 1 fully saturated rings. The number of nitriles is 1. The molecule has 1 aromatic rings. The van der Waals surface area contributed by atoms with Gasteiger partial charge in [-0.3, -0.25) is 0 Å². The van der Waals surface area contributed by atoms with Crippen LogP contribution in [0.25, 0.3) is 0 Å². The van der Waals surface area contributed by atoms with Crippen LogP contribution in [-0.4, -0.2) is 24.3 Å². The average Bonchev–Trinajstić information content (AvgIpc) is 2.71. The van der Waals surface area contributed by atoms with Crippen molar-refractivity contribution in [1.29, 1.82) is 5.26 Å². The van der Waals surface area contributed by atoms with E-state index in [2.05, 4.69) is 5.16 Å². The van der Waals surface area contributed by atoms with Crippen molar-refractivity contribution in [2.75, 3.05) is 23.7 Å². The fraction of sp³-hybridized carbons (Fsp3) is 0.500. The van der Waals surface area contributed by atoms with Gasteiger partial charge in [0, 0.05) is 19.1 Å². The average molecular weight is 193 g/mol. The van der Waals surface area contributed by atoms with Gasteiger partial charge in [0.25, 0.3) is 0 Å². The molecule has 2 heterocycles. The Hall–Kier alpha value is -1.74. The number of aromatic nitrogens is 1. The zero-order valence-corrected chi connectivity index (χ0v) is 7.60. The number of nitrogen functional groups attached to an aromatic ring is 1. The third-order valence-electron chi connectivity index (χ3n) is 2.34. The molecule has 0 saturated carbocycles. The standard InChI is InChI=1S/C8H11N5O/c9-3-6-7(11)14-12-8(6)13-2-1-5(10)4-13/h5H,1-2,4,10-11H2. The summed E-state index contributed by atoms with van der Waals surface area (Å²) in [5.41, 5.74) is 11.5. The molecule has 14 heavy (non-hydrogen) atoms. The highest BCUT2D eigenvalue weighted by Gasteiger charge is 2.25. The van der Waals surface area contributed by atoms with Crippen LogP contribution < -0.4 is 16.4 Å². The van der Waals surface area contributed by atoms with Crippen LogP contribution in [0.4, 0.5) is 11.7 Å². The Bertz CT molecular complexity index is 380.